The van der Waals surface area contributed by atoms with Gasteiger partial charge in [0.05, 0.1) is 13.1 Å². The fraction of sp³-hybridized carbons (Fsp3) is 0.889. The first-order valence-corrected chi connectivity index (χ1v) is 9.72. The molecule has 0 aromatic rings. The molecule has 0 unspecified atom stereocenters. The predicted molar refractivity (Wildman–Crippen MR) is 95.8 cm³/mol. The molecule has 0 aromatic carbocycles. The molecule has 0 aromatic heterocycles. The minimum Gasteiger partial charge on any atom is -0.355 e. The van der Waals surface area contributed by atoms with Crippen molar-refractivity contribution in [2.75, 3.05) is 52.4 Å². The van der Waals surface area contributed by atoms with E-state index in [0.717, 1.165) is 52.1 Å². The van der Waals surface area contributed by atoms with E-state index in [0.29, 0.717) is 13.1 Å². The second kappa shape index (κ2) is 11.4. The molecule has 6 heteroatoms. The highest BCUT2D eigenvalue weighted by molar-refractivity contribution is 5.78. The van der Waals surface area contributed by atoms with Crippen LogP contribution >= 0.6 is 0 Å². The van der Waals surface area contributed by atoms with Gasteiger partial charge in [-0.3, -0.25) is 19.4 Å². The molecule has 2 heterocycles. The lowest BCUT2D eigenvalue weighted by Crippen LogP contribution is -2.30. The van der Waals surface area contributed by atoms with Crippen LogP contribution in [0.25, 0.3) is 0 Å². The van der Waals surface area contributed by atoms with E-state index in [9.17, 15) is 9.59 Å². The Morgan fingerprint density at radius 2 is 0.917 bits per heavy atom. The van der Waals surface area contributed by atoms with E-state index in [1.165, 1.54) is 38.5 Å². The Morgan fingerprint density at radius 1 is 0.583 bits per heavy atom. The van der Waals surface area contributed by atoms with Crippen molar-refractivity contribution in [3.05, 3.63) is 0 Å². The molecule has 2 aliphatic heterocycles. The summed E-state index contributed by atoms with van der Waals surface area (Å²) in [5.74, 6) is 0.350. The van der Waals surface area contributed by atoms with Crippen molar-refractivity contribution in [2.45, 2.75) is 51.4 Å². The molecule has 2 amide bonds. The molecule has 0 atom stereocenters. The maximum atomic E-state index is 11.5. The highest BCUT2D eigenvalue weighted by Crippen LogP contribution is 2.08. The van der Waals surface area contributed by atoms with Crippen molar-refractivity contribution in [3.8, 4) is 0 Å². The zero-order chi connectivity index (χ0) is 17.0. The number of unbranched alkanes of at least 4 members (excludes halogenated alkanes) is 7. The Labute approximate surface area is 146 Å². The van der Waals surface area contributed by atoms with Crippen LogP contribution in [-0.4, -0.2) is 74.0 Å². The topological polar surface area (TPSA) is 64.2 Å². The number of hydrogen-bond donors (Lipinski definition) is 2. The van der Waals surface area contributed by atoms with Gasteiger partial charge in [-0.2, -0.15) is 0 Å². The van der Waals surface area contributed by atoms with E-state index in [1.54, 1.807) is 0 Å². The maximum Gasteiger partial charge on any atom is 0.234 e. The highest BCUT2D eigenvalue weighted by atomic mass is 16.2. The molecule has 24 heavy (non-hydrogen) atoms. The normalized spacial score (nSPS) is 16.8. The highest BCUT2D eigenvalue weighted by Gasteiger charge is 2.20. The molecular weight excluding hydrogens is 304 g/mol. The summed E-state index contributed by atoms with van der Waals surface area (Å²) in [6.07, 6.45) is 9.67. The van der Waals surface area contributed by atoms with E-state index in [4.69, 9.17) is 0 Å². The average molecular weight is 338 g/mol. The molecule has 0 bridgehead atoms. The molecule has 6 nitrogen and oxygen atoms in total. The smallest absolute Gasteiger partial charge is 0.234 e. The van der Waals surface area contributed by atoms with Gasteiger partial charge in [-0.15, -0.1) is 0 Å². The number of hydrogen-bond acceptors (Lipinski definition) is 4. The summed E-state index contributed by atoms with van der Waals surface area (Å²) in [5, 5.41) is 5.97. The van der Waals surface area contributed by atoms with Crippen LogP contribution in [0.15, 0.2) is 0 Å². The first kappa shape index (κ1) is 19.2. The van der Waals surface area contributed by atoms with Crippen LogP contribution in [0.4, 0.5) is 0 Å². The van der Waals surface area contributed by atoms with Crippen molar-refractivity contribution < 1.29 is 9.59 Å². The van der Waals surface area contributed by atoms with Crippen LogP contribution in [0, 0.1) is 0 Å². The summed E-state index contributed by atoms with van der Waals surface area (Å²) in [7, 11) is 0. The number of carbonyl (C=O) groups excluding carboxylic acids is 2. The van der Waals surface area contributed by atoms with Crippen molar-refractivity contribution in [1.82, 2.24) is 20.4 Å². The van der Waals surface area contributed by atoms with Gasteiger partial charge < -0.3 is 10.6 Å². The summed E-state index contributed by atoms with van der Waals surface area (Å²) >= 11 is 0. The molecular formula is C18H34N4O2. The van der Waals surface area contributed by atoms with E-state index >= 15 is 0 Å². The quantitative estimate of drug-likeness (QED) is 0.345. The Kier molecular flexibility index (Phi) is 9.13. The average Bonchev–Trinajstić information content (AvgIpc) is 3.45. The third kappa shape index (κ3) is 10.6. The number of rotatable bonds is 15. The minimum atomic E-state index is 0.175. The lowest BCUT2D eigenvalue weighted by molar-refractivity contribution is -0.121. The Hall–Kier alpha value is -1.14. The largest absolute Gasteiger partial charge is 0.355 e. The van der Waals surface area contributed by atoms with Crippen molar-refractivity contribution >= 4 is 11.8 Å². The number of amides is 2. The molecule has 0 saturated carbocycles. The predicted octanol–water partition coefficient (Wildman–Crippen LogP) is 0.971. The van der Waals surface area contributed by atoms with Gasteiger partial charge in [0.15, 0.2) is 0 Å². The van der Waals surface area contributed by atoms with Crippen LogP contribution in [0.5, 0.6) is 0 Å². The van der Waals surface area contributed by atoms with Gasteiger partial charge in [-0.1, -0.05) is 38.5 Å². The summed E-state index contributed by atoms with van der Waals surface area (Å²) < 4.78 is 0. The van der Waals surface area contributed by atoms with Crippen LogP contribution in [0.1, 0.15) is 51.4 Å². The van der Waals surface area contributed by atoms with Gasteiger partial charge >= 0.3 is 0 Å². The number of carbonyl (C=O) groups is 2. The second-order valence-corrected chi connectivity index (χ2v) is 7.08. The molecule has 2 saturated heterocycles. The molecule has 2 fully saturated rings. The van der Waals surface area contributed by atoms with E-state index in [2.05, 4.69) is 20.4 Å². The van der Waals surface area contributed by atoms with Crippen LogP contribution in [0.2, 0.25) is 0 Å². The fourth-order valence-electron chi connectivity index (χ4n) is 2.74. The van der Waals surface area contributed by atoms with Crippen molar-refractivity contribution in [2.24, 2.45) is 0 Å². The SMILES string of the molecule is O=C(CN1CC1)NCCCCCCCCCCNC(=O)CN1CC1. The van der Waals surface area contributed by atoms with Gasteiger partial charge in [-0.25, -0.2) is 0 Å². The number of nitrogens with zero attached hydrogens (tertiary/aromatic N) is 2. The van der Waals surface area contributed by atoms with E-state index in [1.807, 2.05) is 0 Å². The Balaban J connectivity index is 1.23. The lowest BCUT2D eigenvalue weighted by Gasteiger charge is -2.06. The summed E-state index contributed by atoms with van der Waals surface area (Å²) in [6, 6.07) is 0. The molecule has 2 rings (SSSR count). The zero-order valence-electron chi connectivity index (χ0n) is 15.0. The van der Waals surface area contributed by atoms with Crippen LogP contribution in [-0.2, 0) is 9.59 Å². The summed E-state index contributed by atoms with van der Waals surface area (Å²) in [4.78, 5) is 27.2. The monoisotopic (exact) mass is 338 g/mol. The van der Waals surface area contributed by atoms with Gasteiger partial charge in [0.25, 0.3) is 0 Å². The van der Waals surface area contributed by atoms with Gasteiger partial charge in [-0.05, 0) is 12.8 Å². The van der Waals surface area contributed by atoms with Crippen LogP contribution in [0.3, 0.4) is 0 Å². The molecule has 0 radical (unpaired) electrons. The zero-order valence-corrected chi connectivity index (χ0v) is 15.0. The maximum absolute atomic E-state index is 11.5. The fourth-order valence-corrected chi connectivity index (χ4v) is 2.74. The first-order chi connectivity index (χ1) is 11.7. The molecule has 138 valence electrons. The van der Waals surface area contributed by atoms with Gasteiger partial charge in [0.1, 0.15) is 0 Å². The third-order valence-electron chi connectivity index (χ3n) is 4.56. The van der Waals surface area contributed by atoms with E-state index in [-0.39, 0.29) is 11.8 Å². The van der Waals surface area contributed by atoms with Crippen molar-refractivity contribution in [1.29, 1.82) is 0 Å². The number of nitrogens with one attached hydrogen (secondary N) is 2. The Morgan fingerprint density at radius 3 is 1.25 bits per heavy atom. The molecule has 0 spiro atoms. The standard InChI is InChI=1S/C18H34N4O2/c23-17(15-21-11-12-21)19-9-7-5-3-1-2-4-6-8-10-20-18(24)16-22-13-14-22/h1-16H2,(H,19,23)(H,20,24). The van der Waals surface area contributed by atoms with Gasteiger partial charge in [0, 0.05) is 39.3 Å². The Bertz CT molecular complexity index is 345. The van der Waals surface area contributed by atoms with Gasteiger partial charge in [0.2, 0.25) is 11.8 Å². The first-order valence-electron chi connectivity index (χ1n) is 9.72. The third-order valence-corrected chi connectivity index (χ3v) is 4.56. The molecule has 2 N–H and O–H groups in total. The molecule has 2 aliphatic rings. The van der Waals surface area contributed by atoms with Crippen LogP contribution < -0.4 is 10.6 Å². The van der Waals surface area contributed by atoms with E-state index < -0.39 is 0 Å². The summed E-state index contributed by atoms with van der Waals surface area (Å²) in [5.41, 5.74) is 0. The van der Waals surface area contributed by atoms with Crippen molar-refractivity contribution in [3.63, 3.8) is 0 Å². The molecule has 0 aliphatic carbocycles. The minimum absolute atomic E-state index is 0.175. The lowest BCUT2D eigenvalue weighted by atomic mass is 10.1. The summed E-state index contributed by atoms with van der Waals surface area (Å²) in [6.45, 7) is 7.14. The second-order valence-electron chi connectivity index (χ2n) is 7.08.